The van der Waals surface area contributed by atoms with E-state index in [1.54, 1.807) is 0 Å². The molecule has 0 bridgehead atoms. The first-order valence-corrected chi connectivity index (χ1v) is 7.23. The molecule has 3 rings (SSSR count). The smallest absolute Gasteiger partial charge is 0.254 e. The standard InChI is InChI=1S/C16H14FN3OS/c1-9(10-5-3-2-4-6-10)18-15(21)12-7-11(17)8-13-14(12)20-16(22)19-13/h2-9H,1H3,(H,18,21)(H2,19,20,22). The van der Waals surface area contributed by atoms with E-state index in [0.717, 1.165) is 5.56 Å². The Labute approximate surface area is 131 Å². The SMILES string of the molecule is CC(NC(=O)c1cc(F)cc2[nH]c(=S)[nH]c12)c1ccccc1. The summed E-state index contributed by atoms with van der Waals surface area (Å²) in [5.41, 5.74) is 2.18. The zero-order chi connectivity index (χ0) is 15.7. The molecule has 6 heteroatoms. The number of amides is 1. The van der Waals surface area contributed by atoms with Crippen molar-refractivity contribution in [3.63, 3.8) is 0 Å². The number of hydrogen-bond donors (Lipinski definition) is 3. The van der Waals surface area contributed by atoms with Gasteiger partial charge in [-0.05, 0) is 36.8 Å². The molecule has 2 aromatic carbocycles. The molecular weight excluding hydrogens is 301 g/mol. The number of hydrogen-bond acceptors (Lipinski definition) is 2. The molecular formula is C16H14FN3OS. The van der Waals surface area contributed by atoms with Crippen molar-refractivity contribution >= 4 is 29.2 Å². The first-order chi connectivity index (χ1) is 10.5. The van der Waals surface area contributed by atoms with Gasteiger partial charge in [0.15, 0.2) is 4.77 Å². The fourth-order valence-corrected chi connectivity index (χ4v) is 2.60. The van der Waals surface area contributed by atoms with Gasteiger partial charge < -0.3 is 15.3 Å². The van der Waals surface area contributed by atoms with Crippen molar-refractivity contribution in [3.05, 3.63) is 64.2 Å². The molecule has 1 aromatic heterocycles. The number of rotatable bonds is 3. The first-order valence-electron chi connectivity index (χ1n) is 6.82. The topological polar surface area (TPSA) is 60.7 Å². The van der Waals surface area contributed by atoms with Gasteiger partial charge in [-0.1, -0.05) is 30.3 Å². The van der Waals surface area contributed by atoms with E-state index in [1.807, 2.05) is 37.3 Å². The number of benzene rings is 2. The maximum absolute atomic E-state index is 13.7. The van der Waals surface area contributed by atoms with E-state index in [1.165, 1.54) is 12.1 Å². The summed E-state index contributed by atoms with van der Waals surface area (Å²) in [5.74, 6) is -0.846. The highest BCUT2D eigenvalue weighted by atomic mass is 32.1. The number of fused-ring (bicyclic) bond motifs is 1. The van der Waals surface area contributed by atoms with Gasteiger partial charge in [-0.15, -0.1) is 0 Å². The molecule has 1 atom stereocenters. The number of aromatic nitrogens is 2. The van der Waals surface area contributed by atoms with Gasteiger partial charge >= 0.3 is 0 Å². The van der Waals surface area contributed by atoms with Crippen LogP contribution in [0.1, 0.15) is 28.9 Å². The molecule has 0 aliphatic carbocycles. The third-order valence-corrected chi connectivity index (χ3v) is 3.69. The summed E-state index contributed by atoms with van der Waals surface area (Å²) in [4.78, 5) is 18.2. The highest BCUT2D eigenvalue weighted by molar-refractivity contribution is 7.71. The summed E-state index contributed by atoms with van der Waals surface area (Å²) in [7, 11) is 0. The van der Waals surface area contributed by atoms with Crippen molar-refractivity contribution in [3.8, 4) is 0 Å². The van der Waals surface area contributed by atoms with E-state index >= 15 is 0 Å². The molecule has 0 saturated carbocycles. The Kier molecular flexibility index (Phi) is 3.77. The summed E-state index contributed by atoms with van der Waals surface area (Å²) in [6.45, 7) is 1.88. The molecule has 0 aliphatic heterocycles. The molecule has 0 radical (unpaired) electrons. The van der Waals surface area contributed by atoms with Gasteiger partial charge in [-0.25, -0.2) is 4.39 Å². The molecule has 0 aliphatic rings. The molecule has 3 N–H and O–H groups in total. The second kappa shape index (κ2) is 5.73. The fraction of sp³-hybridized carbons (Fsp3) is 0.125. The number of nitrogens with one attached hydrogen (secondary N) is 3. The lowest BCUT2D eigenvalue weighted by Crippen LogP contribution is -2.27. The minimum atomic E-state index is -0.490. The summed E-state index contributed by atoms with van der Waals surface area (Å²) in [6.07, 6.45) is 0. The average Bonchev–Trinajstić information content (AvgIpc) is 2.87. The van der Waals surface area contributed by atoms with Crippen molar-refractivity contribution in [2.45, 2.75) is 13.0 Å². The maximum Gasteiger partial charge on any atom is 0.254 e. The van der Waals surface area contributed by atoms with Gasteiger partial charge in [0.25, 0.3) is 5.91 Å². The molecule has 1 amide bonds. The van der Waals surface area contributed by atoms with Gasteiger partial charge in [0.1, 0.15) is 5.82 Å². The Balaban J connectivity index is 1.94. The van der Waals surface area contributed by atoms with Gasteiger partial charge in [-0.3, -0.25) is 4.79 Å². The summed E-state index contributed by atoms with van der Waals surface area (Å²) in [5, 5.41) is 2.87. The molecule has 0 saturated heterocycles. The first kappa shape index (κ1) is 14.5. The van der Waals surface area contributed by atoms with Crippen LogP contribution in [0.4, 0.5) is 4.39 Å². The number of carbonyl (C=O) groups excluding carboxylic acids is 1. The van der Waals surface area contributed by atoms with Crippen molar-refractivity contribution in [2.24, 2.45) is 0 Å². The van der Waals surface area contributed by atoms with E-state index in [-0.39, 0.29) is 17.5 Å². The third-order valence-electron chi connectivity index (χ3n) is 3.48. The number of H-pyrrole nitrogens is 2. The maximum atomic E-state index is 13.7. The summed E-state index contributed by atoms with van der Waals surface area (Å²) in [6, 6.07) is 11.9. The van der Waals surface area contributed by atoms with Crippen LogP contribution in [0.2, 0.25) is 0 Å². The van der Waals surface area contributed by atoms with Crippen LogP contribution in [0.5, 0.6) is 0 Å². The van der Waals surface area contributed by atoms with Crippen LogP contribution < -0.4 is 5.32 Å². The Bertz CT molecular complexity index is 885. The molecule has 112 valence electrons. The Hall–Kier alpha value is -2.47. The zero-order valence-corrected chi connectivity index (χ0v) is 12.6. The second-order valence-corrected chi connectivity index (χ2v) is 5.47. The van der Waals surface area contributed by atoms with Gasteiger partial charge in [0.2, 0.25) is 0 Å². The van der Waals surface area contributed by atoms with Crippen LogP contribution in [0, 0.1) is 10.6 Å². The Morgan fingerprint density at radius 3 is 2.68 bits per heavy atom. The summed E-state index contributed by atoms with van der Waals surface area (Å²) < 4.78 is 14.0. The van der Waals surface area contributed by atoms with Crippen molar-refractivity contribution in [1.29, 1.82) is 0 Å². The molecule has 4 nitrogen and oxygen atoms in total. The van der Waals surface area contributed by atoms with E-state index in [0.29, 0.717) is 15.8 Å². The zero-order valence-electron chi connectivity index (χ0n) is 11.8. The van der Waals surface area contributed by atoms with Crippen LogP contribution in [-0.4, -0.2) is 15.9 Å². The number of halogens is 1. The molecule has 3 aromatic rings. The van der Waals surface area contributed by atoms with E-state index in [4.69, 9.17) is 12.2 Å². The second-order valence-electron chi connectivity index (χ2n) is 5.06. The minimum Gasteiger partial charge on any atom is -0.345 e. The quantitative estimate of drug-likeness (QED) is 0.643. The van der Waals surface area contributed by atoms with Crippen molar-refractivity contribution in [2.75, 3.05) is 0 Å². The van der Waals surface area contributed by atoms with E-state index < -0.39 is 5.82 Å². The fourth-order valence-electron chi connectivity index (χ4n) is 2.39. The normalized spacial score (nSPS) is 12.3. The van der Waals surface area contributed by atoms with Gasteiger partial charge in [0.05, 0.1) is 22.6 Å². The highest BCUT2D eigenvalue weighted by Gasteiger charge is 2.16. The van der Waals surface area contributed by atoms with Crippen LogP contribution in [0.3, 0.4) is 0 Å². The lowest BCUT2D eigenvalue weighted by atomic mass is 10.1. The predicted octanol–water partition coefficient (Wildman–Crippen LogP) is 3.86. The summed E-state index contributed by atoms with van der Waals surface area (Å²) >= 11 is 5.00. The van der Waals surface area contributed by atoms with E-state index in [2.05, 4.69) is 15.3 Å². The molecule has 0 fully saturated rings. The monoisotopic (exact) mass is 315 g/mol. The van der Waals surface area contributed by atoms with Gasteiger partial charge in [-0.2, -0.15) is 0 Å². The average molecular weight is 315 g/mol. The van der Waals surface area contributed by atoms with Crippen molar-refractivity contribution in [1.82, 2.24) is 15.3 Å². The molecule has 22 heavy (non-hydrogen) atoms. The third kappa shape index (κ3) is 2.78. The van der Waals surface area contributed by atoms with E-state index in [9.17, 15) is 9.18 Å². The van der Waals surface area contributed by atoms with Gasteiger partial charge in [0, 0.05) is 0 Å². The largest absolute Gasteiger partial charge is 0.345 e. The number of aromatic amines is 2. The Morgan fingerprint density at radius 2 is 1.95 bits per heavy atom. The molecule has 1 heterocycles. The predicted molar refractivity (Wildman–Crippen MR) is 85.8 cm³/mol. The van der Waals surface area contributed by atoms with Crippen LogP contribution in [0.25, 0.3) is 11.0 Å². The lowest BCUT2D eigenvalue weighted by Gasteiger charge is -2.14. The highest BCUT2D eigenvalue weighted by Crippen LogP contribution is 2.19. The van der Waals surface area contributed by atoms with Crippen LogP contribution in [0.15, 0.2) is 42.5 Å². The minimum absolute atomic E-state index is 0.186. The van der Waals surface area contributed by atoms with Crippen molar-refractivity contribution < 1.29 is 9.18 Å². The molecule has 1 unspecified atom stereocenters. The number of imidazole rings is 1. The molecule has 0 spiro atoms. The van der Waals surface area contributed by atoms with Crippen LogP contribution in [-0.2, 0) is 0 Å². The Morgan fingerprint density at radius 1 is 1.23 bits per heavy atom. The number of carbonyl (C=O) groups is 1. The van der Waals surface area contributed by atoms with Crippen LogP contribution >= 0.6 is 12.2 Å². The lowest BCUT2D eigenvalue weighted by molar-refractivity contribution is 0.0941.